The van der Waals surface area contributed by atoms with E-state index in [0.29, 0.717) is 29.5 Å². The maximum atomic E-state index is 13.4. The van der Waals surface area contributed by atoms with Gasteiger partial charge in [-0.15, -0.1) is 0 Å². The zero-order valence-electron chi connectivity index (χ0n) is 21.0. The number of ketones is 1. The predicted octanol–water partition coefficient (Wildman–Crippen LogP) is 6.02. The molecule has 1 aliphatic heterocycles. The van der Waals surface area contributed by atoms with Crippen LogP contribution < -0.4 is 14.4 Å². The van der Waals surface area contributed by atoms with E-state index in [-0.39, 0.29) is 27.7 Å². The molecule has 1 aliphatic rings. The minimum Gasteiger partial charge on any atom is -0.508 e. The third-order valence-electron chi connectivity index (χ3n) is 5.98. The average Bonchev–Trinajstić information content (AvgIpc) is 3.12. The van der Waals surface area contributed by atoms with E-state index in [1.807, 2.05) is 13.8 Å². The molecule has 1 unspecified atom stereocenters. The summed E-state index contributed by atoms with van der Waals surface area (Å²) >= 11 is 6.34. The Balaban J connectivity index is 1.90. The number of carbonyl (C=O) groups excluding carboxylic acids is 2. The van der Waals surface area contributed by atoms with Gasteiger partial charge in [0.05, 0.1) is 35.9 Å². The summed E-state index contributed by atoms with van der Waals surface area (Å²) in [6.45, 7) is 6.41. The van der Waals surface area contributed by atoms with Crippen molar-refractivity contribution in [3.63, 3.8) is 0 Å². The van der Waals surface area contributed by atoms with Crippen LogP contribution in [0.3, 0.4) is 0 Å². The molecule has 0 saturated carbocycles. The predicted molar refractivity (Wildman–Crippen MR) is 142 cm³/mol. The zero-order chi connectivity index (χ0) is 26.9. The lowest BCUT2D eigenvalue weighted by Gasteiger charge is -2.26. The number of phenolic OH excluding ortho intramolecular Hbond substituents is 1. The number of Topliss-reactive ketones (excluding diaryl/α,β-unsaturated/α-hetero) is 1. The van der Waals surface area contributed by atoms with Crippen molar-refractivity contribution in [2.75, 3.05) is 18.6 Å². The highest BCUT2D eigenvalue weighted by Crippen LogP contribution is 2.45. The number of methoxy groups -OCH3 is 1. The standard InChI is InChI=1S/C29H28ClNO6/c1-16(2)15-37-21-10-8-19(9-11-21)31-25(18-6-5-7-20(32)14-18)24(27(34)29(31)35)26(33)22-12-17(3)13-23(30)28(22)36-4/h5-14,16,25,32-33H,15H2,1-4H3/b26-24+. The number of ether oxygens (including phenoxy) is 2. The first-order valence-corrected chi connectivity index (χ1v) is 12.2. The van der Waals surface area contributed by atoms with Crippen molar-refractivity contribution in [3.8, 4) is 17.2 Å². The van der Waals surface area contributed by atoms with Crippen LogP contribution in [0.25, 0.3) is 5.76 Å². The number of amides is 1. The lowest BCUT2D eigenvalue weighted by molar-refractivity contribution is -0.132. The van der Waals surface area contributed by atoms with Gasteiger partial charge in [0.25, 0.3) is 11.7 Å². The number of aromatic hydroxyl groups is 1. The van der Waals surface area contributed by atoms with Gasteiger partial charge in [-0.3, -0.25) is 14.5 Å². The topological polar surface area (TPSA) is 96.3 Å². The van der Waals surface area contributed by atoms with Gasteiger partial charge in [0.2, 0.25) is 0 Å². The van der Waals surface area contributed by atoms with Crippen LogP contribution in [0.1, 0.15) is 36.6 Å². The first-order valence-electron chi connectivity index (χ1n) is 11.8. The van der Waals surface area contributed by atoms with Crippen LogP contribution in [0.4, 0.5) is 5.69 Å². The number of aliphatic hydroxyl groups excluding tert-OH is 1. The Kier molecular flexibility index (Phi) is 7.45. The van der Waals surface area contributed by atoms with E-state index in [0.717, 1.165) is 5.56 Å². The van der Waals surface area contributed by atoms with Gasteiger partial charge in [0.15, 0.2) is 0 Å². The Morgan fingerprint density at radius 3 is 2.41 bits per heavy atom. The van der Waals surface area contributed by atoms with Crippen molar-refractivity contribution in [1.29, 1.82) is 0 Å². The normalized spacial score (nSPS) is 16.9. The lowest BCUT2D eigenvalue weighted by atomic mass is 9.94. The van der Waals surface area contributed by atoms with E-state index >= 15 is 0 Å². The van der Waals surface area contributed by atoms with Crippen molar-refractivity contribution in [1.82, 2.24) is 0 Å². The minimum absolute atomic E-state index is 0.0447. The molecule has 0 aliphatic carbocycles. The number of anilines is 1. The molecule has 7 nitrogen and oxygen atoms in total. The molecule has 1 amide bonds. The van der Waals surface area contributed by atoms with Gasteiger partial charge in [-0.2, -0.15) is 0 Å². The number of hydrogen-bond acceptors (Lipinski definition) is 6. The van der Waals surface area contributed by atoms with Crippen molar-refractivity contribution in [2.24, 2.45) is 5.92 Å². The molecule has 0 spiro atoms. The third-order valence-corrected chi connectivity index (χ3v) is 6.26. The van der Waals surface area contributed by atoms with Crippen LogP contribution in [0.2, 0.25) is 5.02 Å². The summed E-state index contributed by atoms with van der Waals surface area (Å²) in [5, 5.41) is 21.9. The summed E-state index contributed by atoms with van der Waals surface area (Å²) in [6, 6.07) is 15.3. The maximum absolute atomic E-state index is 13.4. The van der Waals surface area contributed by atoms with Crippen LogP contribution in [-0.2, 0) is 9.59 Å². The SMILES string of the molecule is COc1c(Cl)cc(C)cc1/C(O)=C1\C(=O)C(=O)N(c2ccc(OCC(C)C)cc2)C1c1cccc(O)c1. The molecule has 192 valence electrons. The molecule has 8 heteroatoms. The number of benzene rings is 3. The third kappa shape index (κ3) is 5.13. The quantitative estimate of drug-likeness (QED) is 0.224. The molecule has 4 rings (SSSR count). The monoisotopic (exact) mass is 521 g/mol. The molecule has 0 bridgehead atoms. The number of halogens is 1. The summed E-state index contributed by atoms with van der Waals surface area (Å²) in [5.41, 5.74) is 1.65. The second kappa shape index (κ2) is 10.6. The van der Waals surface area contributed by atoms with Gasteiger partial charge in [-0.05, 0) is 72.5 Å². The van der Waals surface area contributed by atoms with E-state index in [1.165, 1.54) is 24.1 Å². The van der Waals surface area contributed by atoms with Gasteiger partial charge in [-0.1, -0.05) is 37.6 Å². The summed E-state index contributed by atoms with van der Waals surface area (Å²) in [6.07, 6.45) is 0. The Morgan fingerprint density at radius 1 is 1.08 bits per heavy atom. The number of carbonyl (C=O) groups is 2. The minimum atomic E-state index is -1.02. The molecule has 2 N–H and O–H groups in total. The summed E-state index contributed by atoms with van der Waals surface area (Å²) in [4.78, 5) is 28.1. The van der Waals surface area contributed by atoms with E-state index in [1.54, 1.807) is 55.5 Å². The molecule has 3 aromatic rings. The fraction of sp³-hybridized carbons (Fsp3) is 0.241. The first-order chi connectivity index (χ1) is 17.6. The van der Waals surface area contributed by atoms with Crippen LogP contribution in [-0.4, -0.2) is 35.6 Å². The number of phenols is 1. The van der Waals surface area contributed by atoms with E-state index in [4.69, 9.17) is 21.1 Å². The Hall–Kier alpha value is -3.97. The summed E-state index contributed by atoms with van der Waals surface area (Å²) < 4.78 is 11.2. The molecule has 1 heterocycles. The molecule has 0 aromatic heterocycles. The van der Waals surface area contributed by atoms with Gasteiger partial charge < -0.3 is 19.7 Å². The molecule has 1 fully saturated rings. The van der Waals surface area contributed by atoms with E-state index in [9.17, 15) is 19.8 Å². The first kappa shape index (κ1) is 26.1. The molecule has 1 atom stereocenters. The molecular weight excluding hydrogens is 494 g/mol. The fourth-order valence-electron chi connectivity index (χ4n) is 4.33. The average molecular weight is 522 g/mol. The van der Waals surface area contributed by atoms with Crippen LogP contribution >= 0.6 is 11.6 Å². The maximum Gasteiger partial charge on any atom is 0.300 e. The summed E-state index contributed by atoms with van der Waals surface area (Å²) in [5.74, 6) is -1.01. The van der Waals surface area contributed by atoms with Crippen molar-refractivity contribution < 1.29 is 29.3 Å². The number of rotatable bonds is 7. The van der Waals surface area contributed by atoms with Crippen molar-refractivity contribution >= 4 is 34.7 Å². The Bertz CT molecular complexity index is 1380. The molecule has 37 heavy (non-hydrogen) atoms. The van der Waals surface area contributed by atoms with Crippen LogP contribution in [0.15, 0.2) is 66.2 Å². The van der Waals surface area contributed by atoms with E-state index in [2.05, 4.69) is 0 Å². The van der Waals surface area contributed by atoms with Gasteiger partial charge in [0, 0.05) is 5.69 Å². The highest BCUT2D eigenvalue weighted by atomic mass is 35.5. The second-order valence-electron chi connectivity index (χ2n) is 9.29. The largest absolute Gasteiger partial charge is 0.508 e. The molecule has 1 saturated heterocycles. The molecule has 3 aromatic carbocycles. The van der Waals surface area contributed by atoms with Gasteiger partial charge in [-0.25, -0.2) is 0 Å². The van der Waals surface area contributed by atoms with E-state index < -0.39 is 23.5 Å². The fourth-order valence-corrected chi connectivity index (χ4v) is 4.68. The number of hydrogen-bond donors (Lipinski definition) is 2. The lowest BCUT2D eigenvalue weighted by Crippen LogP contribution is -2.29. The van der Waals surface area contributed by atoms with Crippen molar-refractivity contribution in [3.05, 3.63) is 87.9 Å². The molecule has 0 radical (unpaired) electrons. The highest BCUT2D eigenvalue weighted by Gasteiger charge is 2.47. The zero-order valence-corrected chi connectivity index (χ0v) is 21.7. The van der Waals surface area contributed by atoms with Crippen LogP contribution in [0, 0.1) is 12.8 Å². The Morgan fingerprint density at radius 2 is 1.78 bits per heavy atom. The van der Waals surface area contributed by atoms with Gasteiger partial charge >= 0.3 is 0 Å². The molecular formula is C29H28ClNO6. The second-order valence-corrected chi connectivity index (χ2v) is 9.70. The number of aryl methyl sites for hydroxylation is 1. The Labute approximate surface area is 220 Å². The van der Waals surface area contributed by atoms with Crippen LogP contribution in [0.5, 0.6) is 17.2 Å². The summed E-state index contributed by atoms with van der Waals surface area (Å²) in [7, 11) is 1.40. The number of aliphatic hydroxyl groups is 1. The number of nitrogens with zero attached hydrogens (tertiary/aromatic N) is 1. The van der Waals surface area contributed by atoms with Gasteiger partial charge in [0.1, 0.15) is 23.0 Å². The smallest absolute Gasteiger partial charge is 0.300 e. The highest BCUT2D eigenvalue weighted by molar-refractivity contribution is 6.51. The van der Waals surface area contributed by atoms with Crippen molar-refractivity contribution in [2.45, 2.75) is 26.8 Å².